The minimum absolute atomic E-state index is 0.00953. The average molecular weight is 229 g/mol. The third kappa shape index (κ3) is 4.20. The van der Waals surface area contributed by atoms with Crippen molar-refractivity contribution in [3.63, 3.8) is 0 Å². The molecule has 1 amide bonds. The second-order valence-electron chi connectivity index (χ2n) is 4.58. The SMILES string of the molecule is CC(C)(CC1C=CC(CO)OC1)OC(N)=O. The Hall–Kier alpha value is -1.07. The molecule has 2 unspecified atom stereocenters. The van der Waals surface area contributed by atoms with E-state index in [1.807, 2.05) is 26.0 Å². The van der Waals surface area contributed by atoms with Gasteiger partial charge in [0.15, 0.2) is 0 Å². The van der Waals surface area contributed by atoms with Crippen molar-refractivity contribution in [3.05, 3.63) is 12.2 Å². The number of hydrogen-bond acceptors (Lipinski definition) is 4. The van der Waals surface area contributed by atoms with E-state index in [9.17, 15) is 4.79 Å². The van der Waals surface area contributed by atoms with E-state index in [0.717, 1.165) is 0 Å². The summed E-state index contributed by atoms with van der Waals surface area (Å²) in [7, 11) is 0. The molecule has 0 aromatic heterocycles. The minimum Gasteiger partial charge on any atom is -0.444 e. The highest BCUT2D eigenvalue weighted by Crippen LogP contribution is 2.24. The van der Waals surface area contributed by atoms with Gasteiger partial charge in [-0.1, -0.05) is 12.2 Å². The Morgan fingerprint density at radius 3 is 2.75 bits per heavy atom. The van der Waals surface area contributed by atoms with E-state index in [0.29, 0.717) is 13.0 Å². The van der Waals surface area contributed by atoms with E-state index in [4.69, 9.17) is 20.3 Å². The van der Waals surface area contributed by atoms with Crippen molar-refractivity contribution in [2.75, 3.05) is 13.2 Å². The Balaban J connectivity index is 2.46. The molecule has 1 aliphatic rings. The molecule has 2 atom stereocenters. The van der Waals surface area contributed by atoms with Crippen molar-refractivity contribution in [2.45, 2.75) is 32.0 Å². The highest BCUT2D eigenvalue weighted by molar-refractivity contribution is 5.65. The number of amides is 1. The highest BCUT2D eigenvalue weighted by Gasteiger charge is 2.27. The number of primary amides is 1. The van der Waals surface area contributed by atoms with Gasteiger partial charge in [-0.05, 0) is 20.3 Å². The predicted octanol–water partition coefficient (Wildman–Crippen LogP) is 0.814. The van der Waals surface area contributed by atoms with E-state index in [1.165, 1.54) is 0 Å². The molecule has 0 saturated carbocycles. The first-order valence-corrected chi connectivity index (χ1v) is 5.32. The van der Waals surface area contributed by atoms with Crippen LogP contribution in [0.3, 0.4) is 0 Å². The predicted molar refractivity (Wildman–Crippen MR) is 58.8 cm³/mol. The van der Waals surface area contributed by atoms with Crippen LogP contribution in [0.15, 0.2) is 12.2 Å². The summed E-state index contributed by atoms with van der Waals surface area (Å²) in [5, 5.41) is 8.87. The zero-order valence-corrected chi connectivity index (χ0v) is 9.68. The molecule has 0 aromatic rings. The molecule has 0 fully saturated rings. The zero-order valence-electron chi connectivity index (χ0n) is 9.68. The van der Waals surface area contributed by atoms with Crippen LogP contribution in [0.5, 0.6) is 0 Å². The fourth-order valence-corrected chi connectivity index (χ4v) is 1.83. The first kappa shape index (κ1) is 13.0. The van der Waals surface area contributed by atoms with Crippen LogP contribution in [0.2, 0.25) is 0 Å². The van der Waals surface area contributed by atoms with Crippen molar-refractivity contribution in [1.82, 2.24) is 0 Å². The number of aliphatic hydroxyl groups is 1. The van der Waals surface area contributed by atoms with Gasteiger partial charge < -0.3 is 20.3 Å². The van der Waals surface area contributed by atoms with E-state index >= 15 is 0 Å². The van der Waals surface area contributed by atoms with Crippen molar-refractivity contribution in [3.8, 4) is 0 Å². The van der Waals surface area contributed by atoms with E-state index in [-0.39, 0.29) is 18.6 Å². The third-order valence-electron chi connectivity index (χ3n) is 2.43. The van der Waals surface area contributed by atoms with Crippen LogP contribution in [0.4, 0.5) is 4.79 Å². The number of carbonyl (C=O) groups is 1. The summed E-state index contributed by atoms with van der Waals surface area (Å²) in [4.78, 5) is 10.7. The van der Waals surface area contributed by atoms with Crippen LogP contribution in [0.1, 0.15) is 20.3 Å². The summed E-state index contributed by atoms with van der Waals surface area (Å²) < 4.78 is 10.4. The molecule has 0 aliphatic carbocycles. The number of aliphatic hydroxyl groups excluding tert-OH is 1. The van der Waals surface area contributed by atoms with Crippen LogP contribution in [0, 0.1) is 5.92 Å². The van der Waals surface area contributed by atoms with Gasteiger partial charge in [-0.2, -0.15) is 0 Å². The normalized spacial score (nSPS) is 25.4. The zero-order chi connectivity index (χ0) is 12.2. The topological polar surface area (TPSA) is 81.8 Å². The fourth-order valence-electron chi connectivity index (χ4n) is 1.83. The van der Waals surface area contributed by atoms with Gasteiger partial charge in [0, 0.05) is 5.92 Å². The Morgan fingerprint density at radius 1 is 1.62 bits per heavy atom. The number of nitrogens with two attached hydrogens (primary N) is 1. The molecule has 1 aliphatic heterocycles. The highest BCUT2D eigenvalue weighted by atomic mass is 16.6. The molecule has 0 bridgehead atoms. The second-order valence-corrected chi connectivity index (χ2v) is 4.58. The monoisotopic (exact) mass is 229 g/mol. The Morgan fingerprint density at radius 2 is 2.31 bits per heavy atom. The Bertz CT molecular complexity index is 275. The standard InChI is InChI=1S/C11H19NO4/c1-11(2,16-10(12)14)5-8-3-4-9(6-13)15-7-8/h3-4,8-9,13H,5-7H2,1-2H3,(H2,12,14). The number of hydrogen-bond donors (Lipinski definition) is 2. The van der Waals surface area contributed by atoms with Gasteiger partial charge in [-0.3, -0.25) is 0 Å². The average Bonchev–Trinajstić information content (AvgIpc) is 2.16. The van der Waals surface area contributed by atoms with Gasteiger partial charge in [-0.15, -0.1) is 0 Å². The van der Waals surface area contributed by atoms with E-state index < -0.39 is 11.7 Å². The summed E-state index contributed by atoms with van der Waals surface area (Å²) in [6.07, 6.45) is 3.48. The molecule has 5 heteroatoms. The lowest BCUT2D eigenvalue weighted by Crippen LogP contribution is -2.35. The van der Waals surface area contributed by atoms with Crippen LogP contribution in [0.25, 0.3) is 0 Å². The molecule has 1 rings (SSSR count). The molecule has 5 nitrogen and oxygen atoms in total. The smallest absolute Gasteiger partial charge is 0.405 e. The van der Waals surface area contributed by atoms with Crippen molar-refractivity contribution in [2.24, 2.45) is 11.7 Å². The molecule has 0 radical (unpaired) electrons. The van der Waals surface area contributed by atoms with Gasteiger partial charge in [0.1, 0.15) is 5.60 Å². The Kier molecular flexibility index (Phi) is 4.32. The molecule has 92 valence electrons. The molecule has 0 spiro atoms. The van der Waals surface area contributed by atoms with Crippen molar-refractivity contribution < 1.29 is 19.4 Å². The quantitative estimate of drug-likeness (QED) is 0.699. The summed E-state index contributed by atoms with van der Waals surface area (Å²) in [5.41, 5.74) is 4.38. The first-order valence-electron chi connectivity index (χ1n) is 5.32. The second kappa shape index (κ2) is 5.32. The number of rotatable bonds is 4. The molecule has 1 heterocycles. The molecule has 16 heavy (non-hydrogen) atoms. The maximum Gasteiger partial charge on any atom is 0.405 e. The van der Waals surface area contributed by atoms with Gasteiger partial charge in [0.2, 0.25) is 0 Å². The van der Waals surface area contributed by atoms with Gasteiger partial charge >= 0.3 is 6.09 Å². The van der Waals surface area contributed by atoms with Gasteiger partial charge in [0.05, 0.1) is 19.3 Å². The molecule has 0 aromatic carbocycles. The van der Waals surface area contributed by atoms with Crippen molar-refractivity contribution in [1.29, 1.82) is 0 Å². The fraction of sp³-hybridized carbons (Fsp3) is 0.727. The summed E-state index contributed by atoms with van der Waals surface area (Å²) in [6, 6.07) is 0. The summed E-state index contributed by atoms with van der Waals surface area (Å²) in [6.45, 7) is 4.13. The summed E-state index contributed by atoms with van der Waals surface area (Å²) in [5.74, 6) is 0.178. The molecular weight excluding hydrogens is 210 g/mol. The maximum atomic E-state index is 10.7. The first-order chi connectivity index (χ1) is 7.43. The lowest BCUT2D eigenvalue weighted by Gasteiger charge is -2.30. The van der Waals surface area contributed by atoms with Crippen LogP contribution in [-0.2, 0) is 9.47 Å². The number of carbonyl (C=O) groups excluding carboxylic acids is 1. The minimum atomic E-state index is -0.765. The maximum absolute atomic E-state index is 10.7. The summed E-state index contributed by atoms with van der Waals surface area (Å²) >= 11 is 0. The van der Waals surface area contributed by atoms with Gasteiger partial charge in [0.25, 0.3) is 0 Å². The lowest BCUT2D eigenvalue weighted by atomic mass is 9.92. The third-order valence-corrected chi connectivity index (χ3v) is 2.43. The van der Waals surface area contributed by atoms with E-state index in [2.05, 4.69) is 0 Å². The largest absolute Gasteiger partial charge is 0.444 e. The molecule has 3 N–H and O–H groups in total. The molecule has 0 saturated heterocycles. The van der Waals surface area contributed by atoms with Crippen LogP contribution in [-0.4, -0.2) is 36.1 Å². The lowest BCUT2D eigenvalue weighted by molar-refractivity contribution is -0.0107. The van der Waals surface area contributed by atoms with Crippen LogP contribution < -0.4 is 5.73 Å². The van der Waals surface area contributed by atoms with Crippen molar-refractivity contribution >= 4 is 6.09 Å². The molecular formula is C11H19NO4. The van der Waals surface area contributed by atoms with Gasteiger partial charge in [-0.25, -0.2) is 4.79 Å². The number of ether oxygens (including phenoxy) is 2. The van der Waals surface area contributed by atoms with Crippen LogP contribution >= 0.6 is 0 Å². The van der Waals surface area contributed by atoms with E-state index in [1.54, 1.807) is 0 Å². The Labute approximate surface area is 95.2 Å².